The van der Waals surface area contributed by atoms with E-state index in [1.165, 1.54) is 0 Å². The summed E-state index contributed by atoms with van der Waals surface area (Å²) in [6.45, 7) is 6.11. The Morgan fingerprint density at radius 3 is 2.57 bits per heavy atom. The van der Waals surface area contributed by atoms with Crippen molar-refractivity contribution in [3.63, 3.8) is 0 Å². The third kappa shape index (κ3) is 7.64. The molecule has 0 radical (unpaired) electrons. The summed E-state index contributed by atoms with van der Waals surface area (Å²) < 4.78 is 29.0. The first kappa shape index (κ1) is 19.7. The molecule has 0 amide bonds. The van der Waals surface area contributed by atoms with Crippen LogP contribution in [0.5, 0.6) is 5.75 Å². The molecule has 130 valence electrons. The van der Waals surface area contributed by atoms with Gasteiger partial charge < -0.3 is 14.0 Å². The zero-order valence-corrected chi connectivity index (χ0v) is 14.9. The molecule has 0 aromatic heterocycles. The molecule has 0 heterocycles. The van der Waals surface area contributed by atoms with E-state index >= 15 is 0 Å². The number of hydrogen-bond donors (Lipinski definition) is 1. The molecule has 0 aliphatic heterocycles. The second-order valence-corrected chi connectivity index (χ2v) is 7.12. The number of esters is 1. The highest BCUT2D eigenvalue weighted by Gasteiger charge is 2.30. The van der Waals surface area contributed by atoms with Crippen LogP contribution in [0.2, 0.25) is 0 Å². The van der Waals surface area contributed by atoms with E-state index in [2.05, 4.69) is 5.09 Å². The van der Waals surface area contributed by atoms with Crippen molar-refractivity contribution < 1.29 is 23.4 Å². The van der Waals surface area contributed by atoms with Gasteiger partial charge in [-0.25, -0.2) is 5.09 Å². The van der Waals surface area contributed by atoms with Crippen LogP contribution in [-0.4, -0.2) is 31.6 Å². The molecule has 6 nitrogen and oxygen atoms in total. The van der Waals surface area contributed by atoms with Gasteiger partial charge in [0.15, 0.2) is 0 Å². The number of ether oxygens (including phenoxy) is 2. The average molecular weight is 343 g/mol. The van der Waals surface area contributed by atoms with Crippen molar-refractivity contribution in [3.8, 4) is 5.75 Å². The fourth-order valence-corrected chi connectivity index (χ4v) is 3.49. The number of carbonyl (C=O) groups excluding carboxylic acids is 1. The fraction of sp³-hybridized carbons (Fsp3) is 0.562. The normalized spacial score (nSPS) is 14.7. The summed E-state index contributed by atoms with van der Waals surface area (Å²) in [4.78, 5) is 11.7. The summed E-state index contributed by atoms with van der Waals surface area (Å²) in [5.74, 6) is -0.0172. The number of carbonyl (C=O) groups is 1. The number of hydrogen-bond acceptors (Lipinski definition) is 5. The Bertz CT molecular complexity index is 508. The molecule has 0 fully saturated rings. The monoisotopic (exact) mass is 343 g/mol. The van der Waals surface area contributed by atoms with Gasteiger partial charge in [-0.15, -0.1) is 0 Å². The first-order valence-electron chi connectivity index (χ1n) is 7.86. The topological polar surface area (TPSA) is 73.9 Å². The largest absolute Gasteiger partial charge is 0.465 e. The molecule has 0 aliphatic rings. The van der Waals surface area contributed by atoms with Crippen LogP contribution in [-0.2, 0) is 18.8 Å². The maximum Gasteiger partial charge on any atom is 0.342 e. The van der Waals surface area contributed by atoms with Crippen LogP contribution in [0, 0.1) is 0 Å². The Balaban J connectivity index is 2.74. The van der Waals surface area contributed by atoms with E-state index in [0.717, 1.165) is 12.8 Å². The zero-order chi connectivity index (χ0) is 17.1. The van der Waals surface area contributed by atoms with Crippen molar-refractivity contribution in [1.29, 1.82) is 0 Å². The van der Waals surface area contributed by atoms with E-state index in [0.29, 0.717) is 12.4 Å². The third-order valence-corrected chi connectivity index (χ3v) is 4.74. The lowest BCUT2D eigenvalue weighted by atomic mass is 10.3. The van der Waals surface area contributed by atoms with E-state index in [4.69, 9.17) is 14.0 Å². The van der Waals surface area contributed by atoms with E-state index in [1.54, 1.807) is 38.1 Å². The van der Waals surface area contributed by atoms with Gasteiger partial charge in [0.2, 0.25) is 0 Å². The maximum absolute atomic E-state index is 13.0. The van der Waals surface area contributed by atoms with Crippen LogP contribution in [0.15, 0.2) is 30.3 Å². The highest BCUT2D eigenvalue weighted by molar-refractivity contribution is 7.57. The van der Waals surface area contributed by atoms with Gasteiger partial charge in [-0.3, -0.25) is 9.36 Å². The Labute approximate surface area is 138 Å². The van der Waals surface area contributed by atoms with Crippen molar-refractivity contribution in [2.75, 3.05) is 19.6 Å². The predicted molar refractivity (Wildman–Crippen MR) is 89.6 cm³/mol. The number of benzene rings is 1. The quantitative estimate of drug-likeness (QED) is 0.376. The summed E-state index contributed by atoms with van der Waals surface area (Å²) >= 11 is 0. The Kier molecular flexibility index (Phi) is 8.92. The van der Waals surface area contributed by atoms with Crippen LogP contribution < -0.4 is 9.61 Å². The second kappa shape index (κ2) is 10.4. The average Bonchev–Trinajstić information content (AvgIpc) is 2.52. The summed E-state index contributed by atoms with van der Waals surface area (Å²) in [5.41, 5.74) is 0. The van der Waals surface area contributed by atoms with E-state index in [-0.39, 0.29) is 13.0 Å². The molecule has 1 aromatic rings. The van der Waals surface area contributed by atoms with Gasteiger partial charge in [0.25, 0.3) is 0 Å². The molecule has 0 aliphatic carbocycles. The number of unbranched alkanes of at least 4 members (excludes halogenated alkanes) is 1. The van der Waals surface area contributed by atoms with Crippen LogP contribution in [0.25, 0.3) is 0 Å². The van der Waals surface area contributed by atoms with Gasteiger partial charge in [-0.1, -0.05) is 31.5 Å². The highest BCUT2D eigenvalue weighted by atomic mass is 31.2. The molecule has 7 heteroatoms. The van der Waals surface area contributed by atoms with Crippen LogP contribution in [0.4, 0.5) is 0 Å². The van der Waals surface area contributed by atoms with Gasteiger partial charge in [0.1, 0.15) is 18.1 Å². The molecular weight excluding hydrogens is 317 g/mol. The molecule has 1 N–H and O–H groups in total. The van der Waals surface area contributed by atoms with Gasteiger partial charge in [-0.05, 0) is 32.4 Å². The number of rotatable bonds is 11. The fourth-order valence-electron chi connectivity index (χ4n) is 1.79. The van der Waals surface area contributed by atoms with Crippen molar-refractivity contribution in [3.05, 3.63) is 30.3 Å². The molecule has 1 aromatic carbocycles. The molecular formula is C16H26NO5P. The van der Waals surface area contributed by atoms with Gasteiger partial charge in [0, 0.05) is 6.61 Å². The molecule has 23 heavy (non-hydrogen) atoms. The minimum absolute atomic E-state index is 0.106. The Hall–Kier alpha value is -1.36. The second-order valence-electron chi connectivity index (χ2n) is 5.07. The highest BCUT2D eigenvalue weighted by Crippen LogP contribution is 2.43. The van der Waals surface area contributed by atoms with Crippen molar-refractivity contribution in [2.24, 2.45) is 0 Å². The Morgan fingerprint density at radius 2 is 1.96 bits per heavy atom. The first-order chi connectivity index (χ1) is 11.0. The van der Waals surface area contributed by atoms with Crippen molar-refractivity contribution >= 4 is 13.5 Å². The van der Waals surface area contributed by atoms with Gasteiger partial charge in [0.05, 0.1) is 6.61 Å². The lowest BCUT2D eigenvalue weighted by molar-refractivity contribution is -0.144. The zero-order valence-electron chi connectivity index (χ0n) is 14.0. The Morgan fingerprint density at radius 1 is 1.26 bits per heavy atom. The van der Waals surface area contributed by atoms with Crippen molar-refractivity contribution in [1.82, 2.24) is 5.09 Å². The van der Waals surface area contributed by atoms with E-state index in [1.807, 2.05) is 13.0 Å². The smallest absolute Gasteiger partial charge is 0.342 e. The number of nitrogens with one attached hydrogen (secondary N) is 1. The minimum atomic E-state index is -3.39. The lowest BCUT2D eigenvalue weighted by Crippen LogP contribution is -2.35. The van der Waals surface area contributed by atoms with Crippen molar-refractivity contribution in [2.45, 2.75) is 39.7 Å². The molecule has 0 saturated carbocycles. The summed E-state index contributed by atoms with van der Waals surface area (Å²) in [6, 6.07) is 8.06. The lowest BCUT2D eigenvalue weighted by Gasteiger charge is -2.23. The molecule has 1 unspecified atom stereocenters. The number of para-hydroxylation sites is 1. The molecule has 1 rings (SSSR count). The predicted octanol–water partition coefficient (Wildman–Crippen LogP) is 3.57. The first-order valence-corrected chi connectivity index (χ1v) is 9.67. The summed E-state index contributed by atoms with van der Waals surface area (Å²) in [7, 11) is -3.39. The summed E-state index contributed by atoms with van der Waals surface area (Å²) in [6.07, 6.45) is 1.75. The van der Waals surface area contributed by atoms with E-state index < -0.39 is 19.5 Å². The molecule has 2 atom stereocenters. The summed E-state index contributed by atoms with van der Waals surface area (Å²) in [5, 5.41) is 2.74. The third-order valence-electron chi connectivity index (χ3n) is 2.93. The van der Waals surface area contributed by atoms with Crippen LogP contribution >= 0.6 is 7.52 Å². The SMILES string of the molecule is CCCCOC[P@@](=O)(NC(C)C(=O)OCC)Oc1ccccc1. The molecule has 0 bridgehead atoms. The van der Waals surface area contributed by atoms with Crippen LogP contribution in [0.3, 0.4) is 0 Å². The molecule has 0 spiro atoms. The standard InChI is InChI=1S/C16H26NO5P/c1-4-6-12-20-13-23(19,17-14(3)16(18)21-5-2)22-15-10-8-7-9-11-15/h7-11,14H,4-6,12-13H2,1-3H3,(H,17,19)/t14?,23-/m0/s1. The van der Waals surface area contributed by atoms with Gasteiger partial charge >= 0.3 is 13.5 Å². The minimum Gasteiger partial charge on any atom is -0.465 e. The van der Waals surface area contributed by atoms with E-state index in [9.17, 15) is 9.36 Å². The maximum atomic E-state index is 13.0. The molecule has 0 saturated heterocycles. The van der Waals surface area contributed by atoms with Gasteiger partial charge in [-0.2, -0.15) is 0 Å². The van der Waals surface area contributed by atoms with Crippen LogP contribution in [0.1, 0.15) is 33.6 Å².